The molecule has 0 aliphatic carbocycles. The molecular formula is C23H16Cl2N2O. The van der Waals surface area contributed by atoms with Gasteiger partial charge in [-0.25, -0.2) is 4.98 Å². The van der Waals surface area contributed by atoms with Crippen LogP contribution < -0.4 is 5.32 Å². The number of fused-ring (bicyclic) bond motifs is 1. The van der Waals surface area contributed by atoms with E-state index in [1.165, 1.54) is 0 Å². The summed E-state index contributed by atoms with van der Waals surface area (Å²) in [6.45, 7) is 2.03. The Bertz CT molecular complexity index is 1170. The molecule has 5 heteroatoms. The first-order chi connectivity index (χ1) is 13.5. The first kappa shape index (κ1) is 18.5. The lowest BCUT2D eigenvalue weighted by atomic mass is 10.0. The molecule has 3 aromatic carbocycles. The molecular weight excluding hydrogens is 391 g/mol. The van der Waals surface area contributed by atoms with Gasteiger partial charge in [-0.05, 0) is 31.2 Å². The van der Waals surface area contributed by atoms with E-state index in [1.54, 1.807) is 24.3 Å². The fourth-order valence-electron chi connectivity index (χ4n) is 3.03. The Labute approximate surface area is 172 Å². The molecule has 1 aromatic heterocycles. The van der Waals surface area contributed by atoms with Gasteiger partial charge in [-0.1, -0.05) is 77.3 Å². The molecule has 1 amide bonds. The lowest BCUT2D eigenvalue weighted by Crippen LogP contribution is -2.13. The summed E-state index contributed by atoms with van der Waals surface area (Å²) < 4.78 is 0. The largest absolute Gasteiger partial charge is 0.319 e. The summed E-state index contributed by atoms with van der Waals surface area (Å²) in [7, 11) is 0. The molecule has 138 valence electrons. The Kier molecular flexibility index (Phi) is 5.03. The van der Waals surface area contributed by atoms with Crippen LogP contribution in [0.2, 0.25) is 10.0 Å². The van der Waals surface area contributed by atoms with Crippen LogP contribution in [-0.2, 0) is 0 Å². The Hall–Kier alpha value is -2.88. The molecule has 0 fully saturated rings. The van der Waals surface area contributed by atoms with Gasteiger partial charge >= 0.3 is 0 Å². The van der Waals surface area contributed by atoms with E-state index in [-0.39, 0.29) is 5.91 Å². The minimum atomic E-state index is -0.290. The zero-order valence-corrected chi connectivity index (χ0v) is 16.6. The number of amides is 1. The highest BCUT2D eigenvalue weighted by molar-refractivity contribution is 6.40. The van der Waals surface area contributed by atoms with Crippen LogP contribution in [0, 0.1) is 6.92 Å². The van der Waals surface area contributed by atoms with E-state index in [2.05, 4.69) is 5.32 Å². The van der Waals surface area contributed by atoms with E-state index in [1.807, 2.05) is 55.5 Å². The van der Waals surface area contributed by atoms with Crippen molar-refractivity contribution in [3.63, 3.8) is 0 Å². The second kappa shape index (κ2) is 7.63. The number of benzene rings is 3. The maximum atomic E-state index is 13.1. The molecule has 0 aliphatic heterocycles. The topological polar surface area (TPSA) is 42.0 Å². The van der Waals surface area contributed by atoms with Gasteiger partial charge < -0.3 is 5.32 Å². The average Bonchev–Trinajstić information content (AvgIpc) is 2.70. The molecule has 1 N–H and O–H groups in total. The number of nitrogens with zero attached hydrogens (tertiary/aromatic N) is 1. The van der Waals surface area contributed by atoms with Gasteiger partial charge in [0.25, 0.3) is 5.91 Å². The number of aryl methyl sites for hydroxylation is 1. The third kappa shape index (κ3) is 3.59. The maximum absolute atomic E-state index is 13.1. The van der Waals surface area contributed by atoms with E-state index >= 15 is 0 Å². The minimum absolute atomic E-state index is 0.290. The maximum Gasteiger partial charge on any atom is 0.256 e. The summed E-state index contributed by atoms with van der Waals surface area (Å²) in [4.78, 5) is 17.8. The number of aromatic nitrogens is 1. The second-order valence-electron chi connectivity index (χ2n) is 6.49. The number of hydrogen-bond acceptors (Lipinski definition) is 2. The molecule has 4 rings (SSSR count). The number of carbonyl (C=O) groups is 1. The van der Waals surface area contributed by atoms with Crippen molar-refractivity contribution in [2.24, 2.45) is 0 Å². The average molecular weight is 407 g/mol. The summed E-state index contributed by atoms with van der Waals surface area (Å²) in [6, 6.07) is 22.5. The molecule has 1 heterocycles. The van der Waals surface area contributed by atoms with Crippen LogP contribution in [-0.4, -0.2) is 10.9 Å². The van der Waals surface area contributed by atoms with Gasteiger partial charge in [0, 0.05) is 10.9 Å². The van der Waals surface area contributed by atoms with Crippen molar-refractivity contribution < 1.29 is 4.79 Å². The third-order valence-corrected chi connectivity index (χ3v) is 5.14. The van der Waals surface area contributed by atoms with Gasteiger partial charge in [0.05, 0.1) is 32.5 Å². The molecule has 4 aromatic rings. The Morgan fingerprint density at radius 2 is 1.57 bits per heavy atom. The lowest BCUT2D eigenvalue weighted by molar-refractivity contribution is 0.102. The minimum Gasteiger partial charge on any atom is -0.319 e. The number of carbonyl (C=O) groups excluding carboxylic acids is 1. The number of rotatable bonds is 3. The van der Waals surface area contributed by atoms with Gasteiger partial charge in [-0.2, -0.15) is 0 Å². The second-order valence-corrected chi connectivity index (χ2v) is 7.30. The highest BCUT2D eigenvalue weighted by atomic mass is 35.5. The van der Waals surface area contributed by atoms with E-state index < -0.39 is 0 Å². The summed E-state index contributed by atoms with van der Waals surface area (Å²) in [5.41, 5.74) is 4.49. The van der Waals surface area contributed by atoms with Crippen LogP contribution in [0.25, 0.3) is 22.2 Å². The number of para-hydroxylation sites is 2. The standard InChI is InChI=1S/C23H16Cl2N2O/c1-14-9-11-15(12-10-14)21-13-17(16-5-2-3-8-20(16)26-21)23(28)27-22-18(24)6-4-7-19(22)25/h2-13H,1H3,(H,27,28). The van der Waals surface area contributed by atoms with Crippen molar-refractivity contribution >= 4 is 45.7 Å². The zero-order valence-electron chi connectivity index (χ0n) is 15.0. The van der Waals surface area contributed by atoms with Gasteiger partial charge in [-0.15, -0.1) is 0 Å². The van der Waals surface area contributed by atoms with Crippen molar-refractivity contribution in [3.05, 3.63) is 94.0 Å². The Morgan fingerprint density at radius 1 is 0.893 bits per heavy atom. The summed E-state index contributed by atoms with van der Waals surface area (Å²) in [5.74, 6) is -0.290. The summed E-state index contributed by atoms with van der Waals surface area (Å²) in [5, 5.41) is 4.38. The lowest BCUT2D eigenvalue weighted by Gasteiger charge is -2.12. The number of nitrogens with one attached hydrogen (secondary N) is 1. The number of hydrogen-bond donors (Lipinski definition) is 1. The predicted molar refractivity (Wildman–Crippen MR) is 116 cm³/mol. The fraction of sp³-hybridized carbons (Fsp3) is 0.0435. The van der Waals surface area contributed by atoms with Crippen molar-refractivity contribution in [3.8, 4) is 11.3 Å². The number of pyridine rings is 1. The monoisotopic (exact) mass is 406 g/mol. The molecule has 0 aliphatic rings. The molecule has 0 bridgehead atoms. The highest BCUT2D eigenvalue weighted by Crippen LogP contribution is 2.31. The predicted octanol–water partition coefficient (Wildman–Crippen LogP) is 6.77. The smallest absolute Gasteiger partial charge is 0.256 e. The molecule has 28 heavy (non-hydrogen) atoms. The van der Waals surface area contributed by atoms with Crippen molar-refractivity contribution in [1.82, 2.24) is 4.98 Å². The molecule has 0 spiro atoms. The van der Waals surface area contributed by atoms with Crippen molar-refractivity contribution in [1.29, 1.82) is 0 Å². The third-order valence-electron chi connectivity index (χ3n) is 4.51. The Balaban J connectivity index is 1.83. The van der Waals surface area contributed by atoms with E-state index in [9.17, 15) is 4.79 Å². The zero-order chi connectivity index (χ0) is 19.7. The molecule has 0 saturated carbocycles. The molecule has 0 unspecified atom stereocenters. The van der Waals surface area contributed by atoms with E-state index in [0.717, 1.165) is 27.7 Å². The molecule has 0 saturated heterocycles. The van der Waals surface area contributed by atoms with Crippen LogP contribution in [0.1, 0.15) is 15.9 Å². The summed E-state index contributed by atoms with van der Waals surface area (Å²) >= 11 is 12.4. The van der Waals surface area contributed by atoms with Crippen LogP contribution in [0.3, 0.4) is 0 Å². The van der Waals surface area contributed by atoms with Gasteiger partial charge in [0.1, 0.15) is 0 Å². The first-order valence-electron chi connectivity index (χ1n) is 8.75. The molecule has 0 atom stereocenters. The van der Waals surface area contributed by atoms with Gasteiger partial charge in [0.2, 0.25) is 0 Å². The van der Waals surface area contributed by atoms with Gasteiger partial charge in [0.15, 0.2) is 0 Å². The van der Waals surface area contributed by atoms with E-state index in [4.69, 9.17) is 28.2 Å². The quantitative estimate of drug-likeness (QED) is 0.407. The van der Waals surface area contributed by atoms with Gasteiger partial charge in [-0.3, -0.25) is 4.79 Å². The fourth-order valence-corrected chi connectivity index (χ4v) is 3.53. The molecule has 0 radical (unpaired) electrons. The number of halogens is 2. The summed E-state index contributed by atoms with van der Waals surface area (Å²) in [6.07, 6.45) is 0. The normalized spacial score (nSPS) is 10.8. The number of anilines is 1. The Morgan fingerprint density at radius 3 is 2.29 bits per heavy atom. The van der Waals surface area contributed by atoms with Crippen LogP contribution in [0.5, 0.6) is 0 Å². The van der Waals surface area contributed by atoms with E-state index in [0.29, 0.717) is 21.3 Å². The van der Waals surface area contributed by atoms with Crippen molar-refractivity contribution in [2.75, 3.05) is 5.32 Å². The van der Waals surface area contributed by atoms with Crippen LogP contribution in [0.15, 0.2) is 72.8 Å². The first-order valence-corrected chi connectivity index (χ1v) is 9.51. The van der Waals surface area contributed by atoms with Crippen molar-refractivity contribution in [2.45, 2.75) is 6.92 Å². The SMILES string of the molecule is Cc1ccc(-c2cc(C(=O)Nc3c(Cl)cccc3Cl)c3ccccc3n2)cc1. The van der Waals surface area contributed by atoms with Crippen LogP contribution in [0.4, 0.5) is 5.69 Å². The van der Waals surface area contributed by atoms with Crippen LogP contribution >= 0.6 is 23.2 Å². The molecule has 3 nitrogen and oxygen atoms in total. The highest BCUT2D eigenvalue weighted by Gasteiger charge is 2.16.